The van der Waals surface area contributed by atoms with Gasteiger partial charge in [-0.05, 0) is 18.4 Å². The van der Waals surface area contributed by atoms with Crippen LogP contribution in [0.2, 0.25) is 0 Å². The first-order valence-corrected chi connectivity index (χ1v) is 5.94. The number of hydrogen-bond acceptors (Lipinski definition) is 4. The third kappa shape index (κ3) is 3.35. The quantitative estimate of drug-likeness (QED) is 0.815. The summed E-state index contributed by atoms with van der Waals surface area (Å²) in [5.74, 6) is 1.56. The molecular formula is C13H19NO3. The number of methoxy groups -OCH3 is 1. The summed E-state index contributed by atoms with van der Waals surface area (Å²) in [6.45, 7) is 3.33. The maximum absolute atomic E-state index is 9.77. The molecule has 1 heterocycles. The zero-order valence-corrected chi connectivity index (χ0v) is 10.1. The predicted molar refractivity (Wildman–Crippen MR) is 65.3 cm³/mol. The minimum absolute atomic E-state index is 0.277. The van der Waals surface area contributed by atoms with Crippen molar-refractivity contribution in [3.8, 4) is 11.5 Å². The Labute approximate surface area is 102 Å². The standard InChI is InChI=1S/C13H19NO3/c1-16-12-3-2-11(13(15)6-12)8-14-7-10-4-5-17-9-10/h2-3,6,10,14-15H,4-5,7-9H2,1H3. The van der Waals surface area contributed by atoms with Gasteiger partial charge >= 0.3 is 0 Å². The van der Waals surface area contributed by atoms with E-state index < -0.39 is 0 Å². The highest BCUT2D eigenvalue weighted by atomic mass is 16.5. The highest BCUT2D eigenvalue weighted by molar-refractivity contribution is 5.39. The van der Waals surface area contributed by atoms with Crippen LogP contribution in [0.5, 0.6) is 11.5 Å². The van der Waals surface area contributed by atoms with Gasteiger partial charge in [0.25, 0.3) is 0 Å². The molecule has 1 saturated heterocycles. The third-order valence-electron chi connectivity index (χ3n) is 3.06. The van der Waals surface area contributed by atoms with Crippen LogP contribution in [0.3, 0.4) is 0 Å². The van der Waals surface area contributed by atoms with Crippen LogP contribution in [-0.4, -0.2) is 32.0 Å². The van der Waals surface area contributed by atoms with Crippen molar-refractivity contribution in [3.63, 3.8) is 0 Å². The zero-order valence-electron chi connectivity index (χ0n) is 10.1. The summed E-state index contributed by atoms with van der Waals surface area (Å²) in [4.78, 5) is 0. The minimum Gasteiger partial charge on any atom is -0.507 e. The van der Waals surface area contributed by atoms with E-state index in [9.17, 15) is 5.11 Å². The fraction of sp³-hybridized carbons (Fsp3) is 0.538. The Kier molecular flexibility index (Phi) is 4.23. The summed E-state index contributed by atoms with van der Waals surface area (Å²) in [6.07, 6.45) is 1.13. The Morgan fingerprint density at radius 3 is 3.06 bits per heavy atom. The average Bonchev–Trinajstić information content (AvgIpc) is 2.84. The van der Waals surface area contributed by atoms with E-state index in [4.69, 9.17) is 9.47 Å². The highest BCUT2D eigenvalue weighted by Gasteiger charge is 2.14. The first-order chi connectivity index (χ1) is 8.29. The number of phenols is 1. The molecule has 0 bridgehead atoms. The van der Waals surface area contributed by atoms with Crippen molar-refractivity contribution in [1.82, 2.24) is 5.32 Å². The molecule has 1 aromatic carbocycles. The number of aromatic hydroxyl groups is 1. The van der Waals surface area contributed by atoms with Gasteiger partial charge in [-0.1, -0.05) is 6.07 Å². The van der Waals surface area contributed by atoms with Gasteiger partial charge in [0.1, 0.15) is 11.5 Å². The lowest BCUT2D eigenvalue weighted by molar-refractivity contribution is 0.185. The van der Waals surface area contributed by atoms with Crippen molar-refractivity contribution in [2.75, 3.05) is 26.9 Å². The molecule has 1 atom stereocenters. The van der Waals surface area contributed by atoms with Gasteiger partial charge in [0, 0.05) is 31.3 Å². The molecule has 4 heteroatoms. The summed E-state index contributed by atoms with van der Waals surface area (Å²) in [6, 6.07) is 5.37. The van der Waals surface area contributed by atoms with E-state index in [0.717, 1.165) is 31.7 Å². The summed E-state index contributed by atoms with van der Waals surface area (Å²) < 4.78 is 10.3. The maximum Gasteiger partial charge on any atom is 0.123 e. The molecule has 0 saturated carbocycles. The van der Waals surface area contributed by atoms with Gasteiger partial charge in [0.15, 0.2) is 0 Å². The molecule has 2 rings (SSSR count). The molecule has 0 aromatic heterocycles. The summed E-state index contributed by atoms with van der Waals surface area (Å²) >= 11 is 0. The number of rotatable bonds is 5. The van der Waals surface area contributed by atoms with Gasteiger partial charge in [0.2, 0.25) is 0 Å². The van der Waals surface area contributed by atoms with Gasteiger partial charge in [-0.25, -0.2) is 0 Å². The van der Waals surface area contributed by atoms with E-state index in [0.29, 0.717) is 18.2 Å². The lowest BCUT2D eigenvalue weighted by Gasteiger charge is -2.11. The Morgan fingerprint density at radius 1 is 1.53 bits per heavy atom. The normalized spacial score (nSPS) is 19.5. The molecule has 1 fully saturated rings. The van der Waals surface area contributed by atoms with Gasteiger partial charge in [-0.2, -0.15) is 0 Å². The van der Waals surface area contributed by atoms with Gasteiger partial charge in [-0.15, -0.1) is 0 Å². The fourth-order valence-electron chi connectivity index (χ4n) is 1.98. The average molecular weight is 237 g/mol. The van der Waals surface area contributed by atoms with Crippen LogP contribution in [0.4, 0.5) is 0 Å². The number of phenolic OH excluding ortho intramolecular Hbond substituents is 1. The molecule has 1 aliphatic rings. The Hall–Kier alpha value is -1.26. The number of ether oxygens (including phenoxy) is 2. The van der Waals surface area contributed by atoms with E-state index in [-0.39, 0.29) is 5.75 Å². The third-order valence-corrected chi connectivity index (χ3v) is 3.06. The molecule has 2 N–H and O–H groups in total. The van der Waals surface area contributed by atoms with Crippen molar-refractivity contribution in [2.45, 2.75) is 13.0 Å². The highest BCUT2D eigenvalue weighted by Crippen LogP contribution is 2.23. The summed E-state index contributed by atoms with van der Waals surface area (Å²) in [5.41, 5.74) is 0.893. The molecule has 4 nitrogen and oxygen atoms in total. The van der Waals surface area contributed by atoms with Crippen molar-refractivity contribution >= 4 is 0 Å². The smallest absolute Gasteiger partial charge is 0.123 e. The topological polar surface area (TPSA) is 50.7 Å². The second-order valence-corrected chi connectivity index (χ2v) is 4.36. The van der Waals surface area contributed by atoms with Crippen LogP contribution in [0.1, 0.15) is 12.0 Å². The monoisotopic (exact) mass is 237 g/mol. The van der Waals surface area contributed by atoms with Crippen molar-refractivity contribution < 1.29 is 14.6 Å². The predicted octanol–water partition coefficient (Wildman–Crippen LogP) is 1.53. The van der Waals surface area contributed by atoms with Crippen LogP contribution < -0.4 is 10.1 Å². The summed E-state index contributed by atoms with van der Waals surface area (Å²) in [7, 11) is 1.59. The van der Waals surface area contributed by atoms with Crippen LogP contribution in [0.25, 0.3) is 0 Å². The first-order valence-electron chi connectivity index (χ1n) is 5.94. The maximum atomic E-state index is 9.77. The molecule has 1 unspecified atom stereocenters. The molecule has 0 aliphatic carbocycles. The molecule has 1 aliphatic heterocycles. The summed E-state index contributed by atoms with van der Waals surface area (Å²) in [5, 5.41) is 13.1. The van der Waals surface area contributed by atoms with Crippen LogP contribution >= 0.6 is 0 Å². The van der Waals surface area contributed by atoms with Gasteiger partial charge in [-0.3, -0.25) is 0 Å². The van der Waals surface area contributed by atoms with E-state index in [1.54, 1.807) is 13.2 Å². The fourth-order valence-corrected chi connectivity index (χ4v) is 1.98. The zero-order chi connectivity index (χ0) is 12.1. The van der Waals surface area contributed by atoms with E-state index in [1.165, 1.54) is 0 Å². The van der Waals surface area contributed by atoms with E-state index in [1.807, 2.05) is 12.1 Å². The second-order valence-electron chi connectivity index (χ2n) is 4.36. The molecular weight excluding hydrogens is 218 g/mol. The largest absolute Gasteiger partial charge is 0.507 e. The second kappa shape index (κ2) is 5.89. The lowest BCUT2D eigenvalue weighted by atomic mass is 10.1. The Balaban J connectivity index is 1.81. The molecule has 1 aromatic rings. The van der Waals surface area contributed by atoms with E-state index in [2.05, 4.69) is 5.32 Å². The minimum atomic E-state index is 0.277. The van der Waals surface area contributed by atoms with Crippen molar-refractivity contribution in [3.05, 3.63) is 23.8 Å². The van der Waals surface area contributed by atoms with Crippen LogP contribution in [-0.2, 0) is 11.3 Å². The molecule has 0 spiro atoms. The first kappa shape index (κ1) is 12.2. The molecule has 0 radical (unpaired) electrons. The Bertz CT molecular complexity index is 362. The van der Waals surface area contributed by atoms with Crippen LogP contribution in [0, 0.1) is 5.92 Å². The number of hydrogen-bond donors (Lipinski definition) is 2. The van der Waals surface area contributed by atoms with Gasteiger partial charge in [0.05, 0.1) is 13.7 Å². The van der Waals surface area contributed by atoms with Crippen LogP contribution in [0.15, 0.2) is 18.2 Å². The van der Waals surface area contributed by atoms with Crippen molar-refractivity contribution in [2.24, 2.45) is 5.92 Å². The molecule has 94 valence electrons. The Morgan fingerprint density at radius 2 is 2.41 bits per heavy atom. The van der Waals surface area contributed by atoms with Crippen molar-refractivity contribution in [1.29, 1.82) is 0 Å². The SMILES string of the molecule is COc1ccc(CNCC2CCOC2)c(O)c1. The number of benzene rings is 1. The van der Waals surface area contributed by atoms with E-state index >= 15 is 0 Å². The lowest BCUT2D eigenvalue weighted by Crippen LogP contribution is -2.22. The number of nitrogens with one attached hydrogen (secondary N) is 1. The molecule has 0 amide bonds. The molecule has 17 heavy (non-hydrogen) atoms. The van der Waals surface area contributed by atoms with Gasteiger partial charge < -0.3 is 19.9 Å².